The Morgan fingerprint density at radius 2 is 0.500 bits per heavy atom. The second-order valence-electron chi connectivity index (χ2n) is 11.8. The van der Waals surface area contributed by atoms with Gasteiger partial charge in [0.15, 0.2) is 0 Å². The van der Waals surface area contributed by atoms with E-state index in [1.165, 1.54) is 14.3 Å². The van der Waals surface area contributed by atoms with Crippen LogP contribution in [0.1, 0.15) is 23.0 Å². The number of nitrogens with zero attached hydrogens (tertiary/aromatic N) is 2. The highest BCUT2D eigenvalue weighted by Gasteiger charge is 2.50. The molecule has 240 valence electrons. The van der Waals surface area contributed by atoms with E-state index >= 15 is 0 Å². The zero-order valence-corrected chi connectivity index (χ0v) is 34.1. The Kier molecular flexibility index (Phi) is 10.6. The molecule has 1 aliphatic carbocycles. The van der Waals surface area contributed by atoms with Gasteiger partial charge >= 0.3 is 0 Å². The summed E-state index contributed by atoms with van der Waals surface area (Å²) in [6, 6.07) is 50.4. The number of rotatable bonds is 8. The highest BCUT2D eigenvalue weighted by atomic mass is 127. The van der Waals surface area contributed by atoms with Gasteiger partial charge in [-0.05, 0) is 223 Å². The summed E-state index contributed by atoms with van der Waals surface area (Å²) in [6.45, 7) is 0. The van der Waals surface area contributed by atoms with Gasteiger partial charge in [-0.3, -0.25) is 0 Å². The predicted octanol–water partition coefficient (Wildman–Crippen LogP) is 11.6. The summed E-state index contributed by atoms with van der Waals surface area (Å²) in [4.78, 5) is 4.45. The predicted molar refractivity (Wildman–Crippen MR) is 231 cm³/mol. The standard InChI is InChI=1S/C40H30I4N2O2/c41-27-5-17-33(18-6-27)45(34-19-7-28(42)8-20-34)31-13-1-25(2-14-31)37-39(47)38(40(37)48)26-3-15-32(16-4-26)46(35-21-9-29(43)10-22-35)36-23-11-30(44)12-24-36/h1-24,37-40,47-48H. The number of hydrogen-bond acceptors (Lipinski definition) is 4. The van der Waals surface area contributed by atoms with Crippen LogP contribution >= 0.6 is 90.4 Å². The Hall–Kier alpha value is -2.24. The number of aliphatic hydroxyl groups is 2. The van der Waals surface area contributed by atoms with Gasteiger partial charge < -0.3 is 20.0 Å². The van der Waals surface area contributed by atoms with E-state index in [-0.39, 0.29) is 11.8 Å². The van der Waals surface area contributed by atoms with Crippen LogP contribution in [-0.2, 0) is 0 Å². The molecule has 0 amide bonds. The Labute approximate surface area is 335 Å². The first-order valence-corrected chi connectivity index (χ1v) is 19.8. The maximum atomic E-state index is 11.4. The van der Waals surface area contributed by atoms with Gasteiger partial charge in [0.25, 0.3) is 0 Å². The second-order valence-corrected chi connectivity index (χ2v) is 16.8. The van der Waals surface area contributed by atoms with Crippen LogP contribution in [-0.4, -0.2) is 22.4 Å². The first kappa shape index (κ1) is 34.2. The lowest BCUT2D eigenvalue weighted by Crippen LogP contribution is -2.51. The van der Waals surface area contributed by atoms with Crippen molar-refractivity contribution in [2.45, 2.75) is 24.0 Å². The molecular formula is C40H30I4N2O2. The van der Waals surface area contributed by atoms with E-state index in [4.69, 9.17) is 0 Å². The van der Waals surface area contributed by atoms with Crippen LogP contribution in [0.5, 0.6) is 0 Å². The fourth-order valence-electron chi connectivity index (χ4n) is 6.44. The highest BCUT2D eigenvalue weighted by Crippen LogP contribution is 2.49. The molecule has 7 rings (SSSR count). The normalized spacial score (nSPS) is 18.6. The van der Waals surface area contributed by atoms with Gasteiger partial charge in [0, 0.05) is 60.2 Å². The summed E-state index contributed by atoms with van der Waals surface area (Å²) in [6.07, 6.45) is -1.38. The molecule has 2 N–H and O–H groups in total. The van der Waals surface area contributed by atoms with Crippen molar-refractivity contribution >= 4 is 124 Å². The van der Waals surface area contributed by atoms with Gasteiger partial charge in [-0.25, -0.2) is 0 Å². The molecule has 0 bridgehead atoms. The fourth-order valence-corrected chi connectivity index (χ4v) is 7.88. The van der Waals surface area contributed by atoms with Crippen molar-refractivity contribution in [3.63, 3.8) is 0 Å². The maximum Gasteiger partial charge on any atom is 0.0727 e. The van der Waals surface area contributed by atoms with Gasteiger partial charge in [0.2, 0.25) is 0 Å². The van der Waals surface area contributed by atoms with E-state index in [0.717, 1.165) is 45.3 Å². The van der Waals surface area contributed by atoms with E-state index in [2.05, 4.69) is 221 Å². The number of halogens is 4. The van der Waals surface area contributed by atoms with Gasteiger partial charge in [-0.2, -0.15) is 0 Å². The SMILES string of the molecule is OC1C(c2ccc(N(c3ccc(I)cc3)c3ccc(I)cc3)cc2)C(O)C1c1ccc(N(c2ccc(I)cc2)c2ccc(I)cc2)cc1. The molecule has 6 aromatic rings. The molecule has 0 heterocycles. The van der Waals surface area contributed by atoms with Gasteiger partial charge in [-0.15, -0.1) is 0 Å². The third-order valence-electron chi connectivity index (χ3n) is 8.88. The van der Waals surface area contributed by atoms with Gasteiger partial charge in [0.1, 0.15) is 0 Å². The lowest BCUT2D eigenvalue weighted by molar-refractivity contribution is -0.0785. The van der Waals surface area contributed by atoms with E-state index in [1.807, 2.05) is 24.3 Å². The highest BCUT2D eigenvalue weighted by molar-refractivity contribution is 14.1. The van der Waals surface area contributed by atoms with Crippen molar-refractivity contribution in [2.24, 2.45) is 0 Å². The van der Waals surface area contributed by atoms with Crippen molar-refractivity contribution in [1.82, 2.24) is 0 Å². The van der Waals surface area contributed by atoms with Crippen LogP contribution < -0.4 is 9.80 Å². The summed E-state index contributed by atoms with van der Waals surface area (Å²) < 4.78 is 4.72. The first-order valence-electron chi connectivity index (χ1n) is 15.5. The van der Waals surface area contributed by atoms with Crippen LogP contribution in [0.2, 0.25) is 0 Å². The summed E-state index contributed by atoms with van der Waals surface area (Å²) >= 11 is 9.31. The van der Waals surface area contributed by atoms with Crippen LogP contribution in [0, 0.1) is 14.3 Å². The molecule has 0 atom stereocenters. The van der Waals surface area contributed by atoms with E-state index in [9.17, 15) is 10.2 Å². The first-order chi connectivity index (χ1) is 23.3. The molecule has 0 radical (unpaired) electrons. The Morgan fingerprint density at radius 3 is 0.708 bits per heavy atom. The number of aliphatic hydroxyl groups excluding tert-OH is 2. The molecule has 0 aliphatic heterocycles. The molecule has 0 aromatic heterocycles. The third-order valence-corrected chi connectivity index (χ3v) is 11.8. The van der Waals surface area contributed by atoms with Crippen molar-refractivity contribution in [3.05, 3.63) is 171 Å². The molecule has 1 saturated carbocycles. The van der Waals surface area contributed by atoms with Crippen LogP contribution in [0.15, 0.2) is 146 Å². The van der Waals surface area contributed by atoms with Gasteiger partial charge in [-0.1, -0.05) is 24.3 Å². The lowest BCUT2D eigenvalue weighted by Gasteiger charge is -2.47. The fraction of sp³-hybridized carbons (Fsp3) is 0.100. The van der Waals surface area contributed by atoms with Crippen molar-refractivity contribution in [3.8, 4) is 0 Å². The minimum atomic E-state index is -0.691. The third kappa shape index (κ3) is 7.15. The zero-order chi connectivity index (χ0) is 33.4. The number of anilines is 6. The molecule has 0 saturated heterocycles. The van der Waals surface area contributed by atoms with Crippen molar-refractivity contribution in [2.75, 3.05) is 9.80 Å². The molecule has 6 aromatic carbocycles. The van der Waals surface area contributed by atoms with Crippen LogP contribution in [0.3, 0.4) is 0 Å². The molecule has 8 heteroatoms. The Balaban J connectivity index is 1.12. The largest absolute Gasteiger partial charge is 0.392 e. The molecular weight excluding hydrogens is 1050 g/mol. The molecule has 1 fully saturated rings. The van der Waals surface area contributed by atoms with Crippen LogP contribution in [0.25, 0.3) is 0 Å². The Morgan fingerprint density at radius 1 is 0.312 bits per heavy atom. The number of benzene rings is 6. The average Bonchev–Trinajstić information content (AvgIpc) is 3.10. The minimum absolute atomic E-state index is 0.358. The van der Waals surface area contributed by atoms with E-state index in [1.54, 1.807) is 0 Å². The topological polar surface area (TPSA) is 46.9 Å². The minimum Gasteiger partial charge on any atom is -0.392 e. The molecule has 48 heavy (non-hydrogen) atoms. The summed E-state index contributed by atoms with van der Waals surface area (Å²) in [5.41, 5.74) is 8.17. The summed E-state index contributed by atoms with van der Waals surface area (Å²) in [5.74, 6) is -0.715. The maximum absolute atomic E-state index is 11.4. The molecule has 0 unspecified atom stereocenters. The molecule has 0 spiro atoms. The Bertz CT molecular complexity index is 1740. The van der Waals surface area contributed by atoms with E-state index < -0.39 is 12.2 Å². The van der Waals surface area contributed by atoms with E-state index in [0.29, 0.717) is 0 Å². The molecule has 1 aliphatic rings. The quantitative estimate of drug-likeness (QED) is 0.149. The number of hydrogen-bond donors (Lipinski definition) is 2. The van der Waals surface area contributed by atoms with Crippen molar-refractivity contribution < 1.29 is 10.2 Å². The van der Waals surface area contributed by atoms with Gasteiger partial charge in [0.05, 0.1) is 12.2 Å². The van der Waals surface area contributed by atoms with Crippen LogP contribution in [0.4, 0.5) is 34.1 Å². The summed E-state index contributed by atoms with van der Waals surface area (Å²) in [7, 11) is 0. The lowest BCUT2D eigenvalue weighted by atomic mass is 9.63. The zero-order valence-electron chi connectivity index (χ0n) is 25.5. The smallest absolute Gasteiger partial charge is 0.0727 e. The van der Waals surface area contributed by atoms with Crippen molar-refractivity contribution in [1.29, 1.82) is 0 Å². The summed E-state index contributed by atoms with van der Waals surface area (Å²) in [5, 5.41) is 22.9. The second kappa shape index (κ2) is 14.9. The molecule has 4 nitrogen and oxygen atoms in total. The average molecular weight is 1080 g/mol. The monoisotopic (exact) mass is 1080 g/mol.